The van der Waals surface area contributed by atoms with E-state index in [-0.39, 0.29) is 23.6 Å². The molecule has 2 aliphatic rings. The minimum absolute atomic E-state index is 0.0223. The lowest BCUT2D eigenvalue weighted by atomic mass is 9.91. The summed E-state index contributed by atoms with van der Waals surface area (Å²) < 4.78 is 27.8. The molecule has 1 aromatic carbocycles. The Labute approximate surface area is 156 Å². The van der Waals surface area contributed by atoms with Crippen LogP contribution in [0.5, 0.6) is 0 Å². The van der Waals surface area contributed by atoms with E-state index in [1.807, 2.05) is 13.8 Å². The number of hydrogen-bond donors (Lipinski definition) is 1. The number of carbonyl (C=O) groups is 3. The number of piperidine rings is 1. The van der Waals surface area contributed by atoms with Crippen molar-refractivity contribution in [2.75, 3.05) is 6.54 Å². The highest BCUT2D eigenvalue weighted by Crippen LogP contribution is 2.31. The molecule has 1 aromatic rings. The van der Waals surface area contributed by atoms with Crippen molar-refractivity contribution < 1.29 is 23.2 Å². The van der Waals surface area contributed by atoms with Crippen LogP contribution in [0.15, 0.2) is 18.2 Å². The standard InChI is InChI=1S/C19H23F2N3O3/c1-11-5-4-6-12(2)24(11)16(25)10-23-17(26)19(3,22-18(23)27)14-9-13(20)7-8-15(14)21/h7-9,11-12H,4-6,10H2,1-3H3,(H,22,27). The van der Waals surface area contributed by atoms with Crippen LogP contribution in [0.25, 0.3) is 0 Å². The summed E-state index contributed by atoms with van der Waals surface area (Å²) in [6.07, 6.45) is 2.75. The number of carbonyl (C=O) groups excluding carboxylic acids is 3. The topological polar surface area (TPSA) is 69.7 Å². The van der Waals surface area contributed by atoms with E-state index in [2.05, 4.69) is 5.32 Å². The summed E-state index contributed by atoms with van der Waals surface area (Å²) in [4.78, 5) is 40.5. The number of amides is 4. The average Bonchev–Trinajstić information content (AvgIpc) is 2.81. The fraction of sp³-hybridized carbons (Fsp3) is 0.526. The Morgan fingerprint density at radius 3 is 2.48 bits per heavy atom. The largest absolute Gasteiger partial charge is 0.336 e. The van der Waals surface area contributed by atoms with E-state index in [1.54, 1.807) is 4.90 Å². The van der Waals surface area contributed by atoms with Crippen LogP contribution in [-0.2, 0) is 15.1 Å². The number of halogens is 2. The van der Waals surface area contributed by atoms with Gasteiger partial charge in [-0.25, -0.2) is 13.6 Å². The average molecular weight is 379 g/mol. The molecule has 2 aliphatic heterocycles. The predicted molar refractivity (Wildman–Crippen MR) is 93.6 cm³/mol. The van der Waals surface area contributed by atoms with Gasteiger partial charge in [0.15, 0.2) is 0 Å². The van der Waals surface area contributed by atoms with Crippen molar-refractivity contribution in [3.05, 3.63) is 35.4 Å². The molecule has 3 unspecified atom stereocenters. The molecule has 2 heterocycles. The van der Waals surface area contributed by atoms with E-state index in [0.717, 1.165) is 42.4 Å². The van der Waals surface area contributed by atoms with Crippen molar-refractivity contribution in [1.82, 2.24) is 15.1 Å². The summed E-state index contributed by atoms with van der Waals surface area (Å²) in [5.74, 6) is -2.64. The lowest BCUT2D eigenvalue weighted by Crippen LogP contribution is -2.52. The van der Waals surface area contributed by atoms with Crippen LogP contribution >= 0.6 is 0 Å². The zero-order chi connectivity index (χ0) is 19.9. The number of urea groups is 1. The number of likely N-dealkylation sites (tertiary alicyclic amines) is 1. The third kappa shape index (κ3) is 3.28. The van der Waals surface area contributed by atoms with Crippen molar-refractivity contribution in [3.63, 3.8) is 0 Å². The number of nitrogens with zero attached hydrogens (tertiary/aromatic N) is 2. The van der Waals surface area contributed by atoms with Gasteiger partial charge in [0.2, 0.25) is 5.91 Å². The van der Waals surface area contributed by atoms with Gasteiger partial charge in [-0.2, -0.15) is 0 Å². The van der Waals surface area contributed by atoms with Crippen LogP contribution in [0, 0.1) is 11.6 Å². The lowest BCUT2D eigenvalue weighted by molar-refractivity contribution is -0.142. The first kappa shape index (κ1) is 19.3. The normalized spacial score (nSPS) is 28.5. The van der Waals surface area contributed by atoms with Crippen LogP contribution in [-0.4, -0.2) is 46.3 Å². The third-order valence-electron chi connectivity index (χ3n) is 5.52. The molecule has 0 saturated carbocycles. The highest BCUT2D eigenvalue weighted by Gasteiger charge is 2.51. The first-order chi connectivity index (χ1) is 12.6. The Kier molecular flexibility index (Phi) is 4.92. The second-order valence-electron chi connectivity index (χ2n) is 7.50. The van der Waals surface area contributed by atoms with Gasteiger partial charge in [0.25, 0.3) is 5.91 Å². The van der Waals surface area contributed by atoms with Crippen LogP contribution in [0.3, 0.4) is 0 Å². The van der Waals surface area contributed by atoms with Gasteiger partial charge in [0, 0.05) is 17.6 Å². The van der Waals surface area contributed by atoms with Gasteiger partial charge in [-0.15, -0.1) is 0 Å². The third-order valence-corrected chi connectivity index (χ3v) is 5.52. The molecule has 0 aromatic heterocycles. The molecule has 8 heteroatoms. The Bertz CT molecular complexity index is 790. The van der Waals surface area contributed by atoms with Crippen molar-refractivity contribution in [2.24, 2.45) is 0 Å². The second kappa shape index (κ2) is 6.90. The summed E-state index contributed by atoms with van der Waals surface area (Å²) in [5.41, 5.74) is -2.03. The van der Waals surface area contributed by atoms with Gasteiger partial charge in [-0.1, -0.05) is 0 Å². The predicted octanol–water partition coefficient (Wildman–Crippen LogP) is 2.52. The highest BCUT2D eigenvalue weighted by molar-refractivity contribution is 6.09. The maximum absolute atomic E-state index is 14.2. The fourth-order valence-corrected chi connectivity index (χ4v) is 4.03. The van der Waals surface area contributed by atoms with Crippen molar-refractivity contribution in [3.8, 4) is 0 Å². The Morgan fingerprint density at radius 2 is 1.85 bits per heavy atom. The van der Waals surface area contributed by atoms with E-state index in [4.69, 9.17) is 0 Å². The maximum Gasteiger partial charge on any atom is 0.325 e. The SMILES string of the molecule is CC1CCCC(C)N1C(=O)CN1C(=O)NC(C)(c2cc(F)ccc2F)C1=O. The van der Waals surface area contributed by atoms with Crippen molar-refractivity contribution >= 4 is 17.8 Å². The lowest BCUT2D eigenvalue weighted by Gasteiger charge is -2.39. The molecule has 2 saturated heterocycles. The molecule has 0 aliphatic carbocycles. The molecule has 6 nitrogen and oxygen atoms in total. The minimum Gasteiger partial charge on any atom is -0.336 e. The molecule has 0 spiro atoms. The van der Waals surface area contributed by atoms with E-state index in [1.165, 1.54) is 6.92 Å². The van der Waals surface area contributed by atoms with Crippen LogP contribution < -0.4 is 5.32 Å². The monoisotopic (exact) mass is 379 g/mol. The zero-order valence-corrected chi connectivity index (χ0v) is 15.6. The van der Waals surface area contributed by atoms with Crippen LogP contribution in [0.2, 0.25) is 0 Å². The Hall–Kier alpha value is -2.51. The second-order valence-corrected chi connectivity index (χ2v) is 7.50. The number of rotatable bonds is 3. The minimum atomic E-state index is -1.76. The molecule has 1 N–H and O–H groups in total. The number of hydrogen-bond acceptors (Lipinski definition) is 3. The van der Waals surface area contributed by atoms with E-state index in [0.29, 0.717) is 0 Å². The highest BCUT2D eigenvalue weighted by atomic mass is 19.1. The first-order valence-corrected chi connectivity index (χ1v) is 9.06. The van der Waals surface area contributed by atoms with E-state index in [9.17, 15) is 23.2 Å². The quantitative estimate of drug-likeness (QED) is 0.821. The summed E-state index contributed by atoms with van der Waals surface area (Å²) in [5, 5.41) is 2.41. The Balaban J connectivity index is 1.84. The van der Waals surface area contributed by atoms with Gasteiger partial charge >= 0.3 is 6.03 Å². The van der Waals surface area contributed by atoms with Gasteiger partial charge < -0.3 is 10.2 Å². The molecule has 4 amide bonds. The van der Waals surface area contributed by atoms with Gasteiger partial charge in [-0.3, -0.25) is 14.5 Å². The van der Waals surface area contributed by atoms with Crippen molar-refractivity contribution in [2.45, 2.75) is 57.7 Å². The molecular formula is C19H23F2N3O3. The number of benzene rings is 1. The number of imide groups is 1. The molecular weight excluding hydrogens is 356 g/mol. The molecule has 3 atom stereocenters. The molecule has 0 bridgehead atoms. The molecule has 0 radical (unpaired) electrons. The first-order valence-electron chi connectivity index (χ1n) is 9.06. The molecule has 2 fully saturated rings. The van der Waals surface area contributed by atoms with E-state index >= 15 is 0 Å². The summed E-state index contributed by atoms with van der Waals surface area (Å²) in [6, 6.07) is 1.97. The maximum atomic E-state index is 14.2. The zero-order valence-electron chi connectivity index (χ0n) is 15.6. The number of nitrogens with one attached hydrogen (secondary N) is 1. The fourth-order valence-electron chi connectivity index (χ4n) is 4.03. The van der Waals surface area contributed by atoms with Gasteiger partial charge in [0.05, 0.1) is 0 Å². The summed E-state index contributed by atoms with van der Waals surface area (Å²) >= 11 is 0. The van der Waals surface area contributed by atoms with Gasteiger partial charge in [-0.05, 0) is 58.2 Å². The van der Waals surface area contributed by atoms with Crippen LogP contribution in [0.4, 0.5) is 13.6 Å². The van der Waals surface area contributed by atoms with Gasteiger partial charge in [0.1, 0.15) is 23.7 Å². The molecule has 27 heavy (non-hydrogen) atoms. The smallest absolute Gasteiger partial charge is 0.325 e. The molecule has 3 rings (SSSR count). The van der Waals surface area contributed by atoms with E-state index < -0.39 is 35.7 Å². The van der Waals surface area contributed by atoms with Crippen molar-refractivity contribution in [1.29, 1.82) is 0 Å². The Morgan fingerprint density at radius 1 is 1.22 bits per heavy atom. The van der Waals surface area contributed by atoms with Crippen LogP contribution in [0.1, 0.15) is 45.6 Å². The summed E-state index contributed by atoms with van der Waals surface area (Å²) in [6.45, 7) is 4.75. The molecule has 146 valence electrons. The summed E-state index contributed by atoms with van der Waals surface area (Å²) in [7, 11) is 0.